The number of nitriles is 3. The van der Waals surface area contributed by atoms with E-state index < -0.39 is 17.3 Å². The van der Waals surface area contributed by atoms with Crippen molar-refractivity contribution in [1.82, 2.24) is 0 Å². The number of allylic oxidation sites excluding steroid dienone is 2. The highest BCUT2D eigenvalue weighted by Crippen LogP contribution is 2.56. The molecule has 0 heterocycles. The zero-order valence-electron chi connectivity index (χ0n) is 14.8. The molecular formula is C23H18N4. The van der Waals surface area contributed by atoms with Crippen LogP contribution in [0.15, 0.2) is 54.1 Å². The van der Waals surface area contributed by atoms with Crippen LogP contribution in [0, 0.1) is 56.7 Å². The second-order valence-electron chi connectivity index (χ2n) is 7.29. The van der Waals surface area contributed by atoms with E-state index in [4.69, 9.17) is 5.41 Å². The molecule has 130 valence electrons. The van der Waals surface area contributed by atoms with E-state index in [-0.39, 0.29) is 11.6 Å². The number of nitrogens with one attached hydrogen (secondary N) is 1. The Morgan fingerprint density at radius 2 is 1.74 bits per heavy atom. The maximum atomic E-state index is 10.1. The van der Waals surface area contributed by atoms with Gasteiger partial charge in [0, 0.05) is 5.92 Å². The van der Waals surface area contributed by atoms with Gasteiger partial charge in [0.25, 0.3) is 0 Å². The molecule has 2 aromatic carbocycles. The Balaban J connectivity index is 2.04. The first-order chi connectivity index (χ1) is 13.2. The molecule has 1 N–H and O–H groups in total. The topological polar surface area (TPSA) is 95.2 Å². The first-order valence-corrected chi connectivity index (χ1v) is 9.16. The highest BCUT2D eigenvalue weighted by atomic mass is 14.6. The van der Waals surface area contributed by atoms with Gasteiger partial charge in [0.1, 0.15) is 5.92 Å². The summed E-state index contributed by atoms with van der Waals surface area (Å²) in [5, 5.41) is 40.6. The summed E-state index contributed by atoms with van der Waals surface area (Å²) in [5.74, 6) is -1.29. The van der Waals surface area contributed by atoms with Crippen LogP contribution in [-0.2, 0) is 0 Å². The lowest BCUT2D eigenvalue weighted by Crippen LogP contribution is -2.48. The van der Waals surface area contributed by atoms with E-state index in [1.807, 2.05) is 42.5 Å². The molecule has 0 radical (unpaired) electrons. The summed E-state index contributed by atoms with van der Waals surface area (Å²) in [5.41, 5.74) is 0.157. The summed E-state index contributed by atoms with van der Waals surface area (Å²) in [6.07, 6.45) is 4.74. The smallest absolute Gasteiger partial charge is 0.189 e. The van der Waals surface area contributed by atoms with Gasteiger partial charge >= 0.3 is 0 Å². The van der Waals surface area contributed by atoms with Gasteiger partial charge in [-0.25, -0.2) is 0 Å². The molecule has 0 aliphatic heterocycles. The Hall–Kier alpha value is -3.42. The Kier molecular flexibility index (Phi) is 4.02. The third-order valence-corrected chi connectivity index (χ3v) is 6.08. The van der Waals surface area contributed by atoms with Crippen LogP contribution in [0.2, 0.25) is 0 Å². The number of fused-ring (bicyclic) bond motifs is 2. The van der Waals surface area contributed by atoms with Crippen LogP contribution in [-0.4, -0.2) is 5.71 Å². The molecule has 0 spiro atoms. The van der Waals surface area contributed by atoms with Crippen molar-refractivity contribution in [1.29, 1.82) is 21.2 Å². The van der Waals surface area contributed by atoms with Crippen molar-refractivity contribution in [2.45, 2.75) is 25.2 Å². The third kappa shape index (κ3) is 2.29. The van der Waals surface area contributed by atoms with Gasteiger partial charge in [-0.3, -0.25) is 0 Å². The normalized spacial score (nSPS) is 26.2. The second kappa shape index (κ2) is 6.39. The van der Waals surface area contributed by atoms with Crippen LogP contribution in [0.25, 0.3) is 10.8 Å². The molecule has 0 saturated heterocycles. The molecule has 1 fully saturated rings. The molecule has 4 rings (SSSR count). The molecule has 3 unspecified atom stereocenters. The molecule has 2 aromatic rings. The average molecular weight is 350 g/mol. The molecule has 1 saturated carbocycles. The number of hydrogen-bond acceptors (Lipinski definition) is 4. The maximum Gasteiger partial charge on any atom is 0.189 e. The summed E-state index contributed by atoms with van der Waals surface area (Å²) in [6.45, 7) is 0. The molecule has 3 atom stereocenters. The van der Waals surface area contributed by atoms with Crippen molar-refractivity contribution in [2.75, 3.05) is 0 Å². The largest absolute Gasteiger partial charge is 0.305 e. The lowest BCUT2D eigenvalue weighted by molar-refractivity contribution is 0.322. The molecular weight excluding hydrogens is 332 g/mol. The Morgan fingerprint density at radius 1 is 1.00 bits per heavy atom. The zero-order chi connectivity index (χ0) is 19.0. The lowest BCUT2D eigenvalue weighted by atomic mass is 9.53. The Labute approximate surface area is 158 Å². The van der Waals surface area contributed by atoms with E-state index in [0.717, 1.165) is 41.2 Å². The summed E-state index contributed by atoms with van der Waals surface area (Å²) in [4.78, 5) is 0. The van der Waals surface area contributed by atoms with Gasteiger partial charge in [0.2, 0.25) is 0 Å². The van der Waals surface area contributed by atoms with Crippen LogP contribution in [0.3, 0.4) is 0 Å². The Bertz CT molecular complexity index is 1070. The maximum absolute atomic E-state index is 10.1. The highest BCUT2D eigenvalue weighted by Gasteiger charge is 2.57. The SMILES string of the molecule is N#CC1C(=N)C(C#N)(C#N)C(c2cccc3ccccc23)C2CCCC=C12. The van der Waals surface area contributed by atoms with E-state index in [9.17, 15) is 15.8 Å². The molecule has 0 amide bonds. The van der Waals surface area contributed by atoms with Crippen molar-refractivity contribution < 1.29 is 0 Å². The lowest BCUT2D eigenvalue weighted by Gasteiger charge is -2.46. The van der Waals surface area contributed by atoms with Crippen molar-refractivity contribution in [2.24, 2.45) is 17.3 Å². The summed E-state index contributed by atoms with van der Waals surface area (Å²) in [7, 11) is 0. The summed E-state index contributed by atoms with van der Waals surface area (Å²) in [6, 6.07) is 20.4. The minimum absolute atomic E-state index is 0.0670. The molecule has 4 nitrogen and oxygen atoms in total. The van der Waals surface area contributed by atoms with E-state index in [0.29, 0.717) is 0 Å². The minimum Gasteiger partial charge on any atom is -0.305 e. The van der Waals surface area contributed by atoms with Gasteiger partial charge in [-0.1, -0.05) is 48.5 Å². The molecule has 27 heavy (non-hydrogen) atoms. The minimum atomic E-state index is -1.62. The Morgan fingerprint density at radius 3 is 2.48 bits per heavy atom. The second-order valence-corrected chi connectivity index (χ2v) is 7.29. The molecule has 2 aliphatic carbocycles. The van der Waals surface area contributed by atoms with Gasteiger partial charge < -0.3 is 5.41 Å². The van der Waals surface area contributed by atoms with Crippen LogP contribution in [0.4, 0.5) is 0 Å². The van der Waals surface area contributed by atoms with Gasteiger partial charge in [0.05, 0.1) is 23.9 Å². The molecule has 4 heteroatoms. The van der Waals surface area contributed by atoms with Crippen molar-refractivity contribution in [3.05, 3.63) is 59.7 Å². The standard InChI is InChI=1S/C23H18N4/c24-12-20-17-9-3-4-10-19(17)21(23(13-25,14-26)22(20)27)18-11-5-7-15-6-1-2-8-16(15)18/h1-2,5-9,11,19-21,27H,3-4,10H2. The van der Waals surface area contributed by atoms with Gasteiger partial charge in [-0.05, 0) is 47.1 Å². The van der Waals surface area contributed by atoms with Crippen LogP contribution in [0.5, 0.6) is 0 Å². The first kappa shape index (κ1) is 17.0. The van der Waals surface area contributed by atoms with E-state index in [2.05, 4.69) is 24.3 Å². The molecule has 0 bridgehead atoms. The summed E-state index contributed by atoms with van der Waals surface area (Å²) < 4.78 is 0. The van der Waals surface area contributed by atoms with E-state index in [1.54, 1.807) is 0 Å². The number of rotatable bonds is 1. The number of hydrogen-bond donors (Lipinski definition) is 1. The predicted molar refractivity (Wildman–Crippen MR) is 103 cm³/mol. The van der Waals surface area contributed by atoms with Crippen LogP contribution < -0.4 is 0 Å². The number of nitrogens with zero attached hydrogens (tertiary/aromatic N) is 3. The van der Waals surface area contributed by atoms with Crippen molar-refractivity contribution in [3.63, 3.8) is 0 Å². The predicted octanol–water partition coefficient (Wildman–Crippen LogP) is 4.86. The summed E-state index contributed by atoms with van der Waals surface area (Å²) >= 11 is 0. The average Bonchev–Trinajstić information content (AvgIpc) is 2.73. The van der Waals surface area contributed by atoms with Gasteiger partial charge in [0.15, 0.2) is 5.41 Å². The molecule has 0 aromatic heterocycles. The van der Waals surface area contributed by atoms with Crippen LogP contribution in [0.1, 0.15) is 30.7 Å². The van der Waals surface area contributed by atoms with Crippen molar-refractivity contribution in [3.8, 4) is 18.2 Å². The van der Waals surface area contributed by atoms with E-state index in [1.165, 1.54) is 0 Å². The van der Waals surface area contributed by atoms with E-state index >= 15 is 0 Å². The fraction of sp³-hybridized carbons (Fsp3) is 0.304. The van der Waals surface area contributed by atoms with Gasteiger partial charge in [-0.2, -0.15) is 15.8 Å². The van der Waals surface area contributed by atoms with Gasteiger partial charge in [-0.15, -0.1) is 0 Å². The number of benzene rings is 2. The third-order valence-electron chi connectivity index (χ3n) is 6.08. The fourth-order valence-corrected chi connectivity index (χ4v) is 4.87. The monoisotopic (exact) mass is 350 g/mol. The first-order valence-electron chi connectivity index (χ1n) is 9.16. The van der Waals surface area contributed by atoms with Crippen molar-refractivity contribution >= 4 is 16.5 Å². The zero-order valence-corrected chi connectivity index (χ0v) is 14.8. The highest BCUT2D eigenvalue weighted by molar-refractivity contribution is 6.01. The van der Waals surface area contributed by atoms with Crippen LogP contribution >= 0.6 is 0 Å². The fourth-order valence-electron chi connectivity index (χ4n) is 4.87. The molecule has 2 aliphatic rings. The quantitative estimate of drug-likeness (QED) is 0.744.